The molecule has 2 aromatic rings. The standard InChI is InChI=1S/C17H17F3N2O/c1-4-5-12(2)11-22-15(10-16(21-22)17(18,19)20)13-6-8-14(23-3)9-7-13/h4-10H,1,11H2,2-3H3/b12-5+. The molecule has 0 fully saturated rings. The lowest BCUT2D eigenvalue weighted by atomic mass is 10.1. The predicted molar refractivity (Wildman–Crippen MR) is 83.2 cm³/mol. The SMILES string of the molecule is C=C/C=C(\C)Cn1nc(C(F)(F)F)cc1-c1ccc(OC)cc1. The Morgan fingerprint density at radius 2 is 1.96 bits per heavy atom. The maximum absolute atomic E-state index is 13.0. The molecule has 0 amide bonds. The molecule has 0 aliphatic rings. The van der Waals surface area contributed by atoms with Crippen LogP contribution in [0, 0.1) is 0 Å². The summed E-state index contributed by atoms with van der Waals surface area (Å²) >= 11 is 0. The molecule has 122 valence electrons. The largest absolute Gasteiger partial charge is 0.497 e. The van der Waals surface area contributed by atoms with Crippen LogP contribution in [0.1, 0.15) is 12.6 Å². The summed E-state index contributed by atoms with van der Waals surface area (Å²) in [5.41, 5.74) is 0.985. The molecule has 0 atom stereocenters. The van der Waals surface area contributed by atoms with Crippen molar-refractivity contribution >= 4 is 0 Å². The highest BCUT2D eigenvalue weighted by Crippen LogP contribution is 2.32. The Bertz CT molecular complexity index is 712. The summed E-state index contributed by atoms with van der Waals surface area (Å²) in [6, 6.07) is 7.87. The van der Waals surface area contributed by atoms with Crippen LogP contribution in [0.5, 0.6) is 5.75 Å². The van der Waals surface area contributed by atoms with E-state index in [0.717, 1.165) is 11.6 Å². The molecule has 2 rings (SSSR count). The van der Waals surface area contributed by atoms with Crippen LogP contribution in [0.25, 0.3) is 11.3 Å². The highest BCUT2D eigenvalue weighted by atomic mass is 19.4. The number of halogens is 3. The quantitative estimate of drug-likeness (QED) is 0.746. The molecule has 0 aliphatic carbocycles. The van der Waals surface area contributed by atoms with Crippen molar-refractivity contribution in [2.75, 3.05) is 7.11 Å². The van der Waals surface area contributed by atoms with Gasteiger partial charge in [-0.1, -0.05) is 24.3 Å². The second-order valence-electron chi connectivity index (χ2n) is 5.05. The first-order valence-corrected chi connectivity index (χ1v) is 6.93. The fraction of sp³-hybridized carbons (Fsp3) is 0.235. The van der Waals surface area contributed by atoms with Gasteiger partial charge in [0.05, 0.1) is 19.3 Å². The lowest BCUT2D eigenvalue weighted by Crippen LogP contribution is -2.09. The maximum Gasteiger partial charge on any atom is 0.435 e. The number of allylic oxidation sites excluding steroid dienone is 3. The number of hydrogen-bond acceptors (Lipinski definition) is 2. The van der Waals surface area contributed by atoms with Crippen LogP contribution in [-0.4, -0.2) is 16.9 Å². The van der Waals surface area contributed by atoms with Gasteiger partial charge in [0, 0.05) is 5.56 Å². The Hall–Kier alpha value is -2.50. The number of nitrogens with zero attached hydrogens (tertiary/aromatic N) is 2. The van der Waals surface area contributed by atoms with Crippen molar-refractivity contribution in [1.82, 2.24) is 9.78 Å². The summed E-state index contributed by atoms with van der Waals surface area (Å²) < 4.78 is 45.3. The highest BCUT2D eigenvalue weighted by molar-refractivity contribution is 5.61. The van der Waals surface area contributed by atoms with Crippen molar-refractivity contribution in [1.29, 1.82) is 0 Å². The number of aromatic nitrogens is 2. The van der Waals surface area contributed by atoms with Crippen LogP contribution in [0.4, 0.5) is 13.2 Å². The van der Waals surface area contributed by atoms with Gasteiger partial charge in [0.2, 0.25) is 0 Å². The molecular weight excluding hydrogens is 305 g/mol. The summed E-state index contributed by atoms with van der Waals surface area (Å²) in [5, 5.41) is 3.71. The van der Waals surface area contributed by atoms with Gasteiger partial charge < -0.3 is 4.74 Å². The lowest BCUT2D eigenvalue weighted by Gasteiger charge is -2.08. The number of hydrogen-bond donors (Lipinski definition) is 0. The molecular formula is C17H17F3N2O. The predicted octanol–water partition coefficient (Wildman–Crippen LogP) is 4.71. The van der Waals surface area contributed by atoms with Gasteiger partial charge in [-0.3, -0.25) is 4.68 Å². The van der Waals surface area contributed by atoms with Gasteiger partial charge in [0.25, 0.3) is 0 Å². The number of benzene rings is 1. The van der Waals surface area contributed by atoms with Crippen LogP contribution in [0.15, 0.2) is 54.6 Å². The molecule has 6 heteroatoms. The lowest BCUT2D eigenvalue weighted by molar-refractivity contribution is -0.141. The van der Waals surface area contributed by atoms with Crippen LogP contribution >= 0.6 is 0 Å². The Morgan fingerprint density at radius 3 is 2.48 bits per heavy atom. The molecule has 0 saturated heterocycles. The first-order valence-electron chi connectivity index (χ1n) is 6.93. The van der Waals surface area contributed by atoms with E-state index in [1.807, 2.05) is 6.92 Å². The first-order chi connectivity index (χ1) is 10.8. The minimum atomic E-state index is -4.48. The normalized spacial score (nSPS) is 12.3. The molecule has 3 nitrogen and oxygen atoms in total. The maximum atomic E-state index is 13.0. The van der Waals surface area contributed by atoms with E-state index in [1.54, 1.807) is 36.4 Å². The molecule has 0 spiro atoms. The molecule has 0 unspecified atom stereocenters. The van der Waals surface area contributed by atoms with Crippen LogP contribution < -0.4 is 4.74 Å². The average molecular weight is 322 g/mol. The van der Waals surface area contributed by atoms with E-state index in [4.69, 9.17) is 4.74 Å². The first kappa shape index (κ1) is 16.9. The minimum Gasteiger partial charge on any atom is -0.497 e. The van der Waals surface area contributed by atoms with Crippen molar-refractivity contribution in [3.05, 3.63) is 60.3 Å². The van der Waals surface area contributed by atoms with E-state index in [9.17, 15) is 13.2 Å². The van der Waals surface area contributed by atoms with Gasteiger partial charge in [-0.15, -0.1) is 0 Å². The zero-order chi connectivity index (χ0) is 17.0. The third-order valence-corrected chi connectivity index (χ3v) is 3.26. The van der Waals surface area contributed by atoms with Crippen molar-refractivity contribution in [3.8, 4) is 17.0 Å². The topological polar surface area (TPSA) is 27.1 Å². The van der Waals surface area contributed by atoms with Crippen molar-refractivity contribution in [3.63, 3.8) is 0 Å². The smallest absolute Gasteiger partial charge is 0.435 e. The zero-order valence-electron chi connectivity index (χ0n) is 12.9. The minimum absolute atomic E-state index is 0.253. The second kappa shape index (κ2) is 6.73. The molecule has 0 aliphatic heterocycles. The van der Waals surface area contributed by atoms with Gasteiger partial charge in [-0.2, -0.15) is 18.3 Å². The molecule has 23 heavy (non-hydrogen) atoms. The summed E-state index contributed by atoms with van der Waals surface area (Å²) in [4.78, 5) is 0. The van der Waals surface area contributed by atoms with Gasteiger partial charge >= 0.3 is 6.18 Å². The number of methoxy groups -OCH3 is 1. The highest BCUT2D eigenvalue weighted by Gasteiger charge is 2.35. The van der Waals surface area contributed by atoms with Crippen LogP contribution in [0.3, 0.4) is 0 Å². The van der Waals surface area contributed by atoms with Crippen LogP contribution in [0.2, 0.25) is 0 Å². The van der Waals surface area contributed by atoms with Crippen molar-refractivity contribution < 1.29 is 17.9 Å². The molecule has 1 heterocycles. The van der Waals surface area contributed by atoms with Gasteiger partial charge in [-0.05, 0) is 37.3 Å². The monoisotopic (exact) mass is 322 g/mol. The van der Waals surface area contributed by atoms with Crippen molar-refractivity contribution in [2.24, 2.45) is 0 Å². The Balaban J connectivity index is 2.48. The van der Waals surface area contributed by atoms with E-state index in [1.165, 1.54) is 11.8 Å². The average Bonchev–Trinajstić information content (AvgIpc) is 2.91. The third kappa shape index (κ3) is 4.03. The summed E-state index contributed by atoms with van der Waals surface area (Å²) in [6.45, 7) is 5.65. The third-order valence-electron chi connectivity index (χ3n) is 3.26. The number of rotatable bonds is 5. The Morgan fingerprint density at radius 1 is 1.30 bits per heavy atom. The zero-order valence-corrected chi connectivity index (χ0v) is 12.9. The molecule has 1 aromatic carbocycles. The van der Waals surface area contributed by atoms with Crippen LogP contribution in [-0.2, 0) is 12.7 Å². The molecule has 0 radical (unpaired) electrons. The molecule has 0 N–H and O–H groups in total. The summed E-state index contributed by atoms with van der Waals surface area (Å²) in [6.07, 6.45) is -1.15. The van der Waals surface area contributed by atoms with Crippen molar-refractivity contribution in [2.45, 2.75) is 19.6 Å². The van der Waals surface area contributed by atoms with Gasteiger partial charge in [0.1, 0.15) is 5.75 Å². The van der Waals surface area contributed by atoms with E-state index < -0.39 is 11.9 Å². The fourth-order valence-electron chi connectivity index (χ4n) is 2.16. The van der Waals surface area contributed by atoms with E-state index >= 15 is 0 Å². The van der Waals surface area contributed by atoms with Gasteiger partial charge in [0.15, 0.2) is 5.69 Å². The van der Waals surface area contributed by atoms with E-state index in [-0.39, 0.29) is 6.54 Å². The van der Waals surface area contributed by atoms with E-state index in [0.29, 0.717) is 17.0 Å². The Kier molecular flexibility index (Phi) is 4.93. The van der Waals surface area contributed by atoms with E-state index in [2.05, 4.69) is 11.7 Å². The summed E-state index contributed by atoms with van der Waals surface area (Å²) in [7, 11) is 1.53. The summed E-state index contributed by atoms with van der Waals surface area (Å²) in [5.74, 6) is 0.638. The second-order valence-corrected chi connectivity index (χ2v) is 5.05. The molecule has 0 bridgehead atoms. The number of ether oxygens (including phenoxy) is 1. The number of alkyl halides is 3. The molecule has 1 aromatic heterocycles. The van der Waals surface area contributed by atoms with Gasteiger partial charge in [-0.25, -0.2) is 0 Å². The Labute approximate surface area is 132 Å². The fourth-order valence-corrected chi connectivity index (χ4v) is 2.16. The molecule has 0 saturated carbocycles.